The van der Waals surface area contributed by atoms with Gasteiger partial charge in [0.25, 0.3) is 0 Å². The van der Waals surface area contributed by atoms with Crippen LogP contribution in [0.5, 0.6) is 0 Å². The summed E-state index contributed by atoms with van der Waals surface area (Å²) in [6, 6.07) is 0.0718. The van der Waals surface area contributed by atoms with E-state index in [1.54, 1.807) is 0 Å². The van der Waals surface area contributed by atoms with Crippen LogP contribution < -0.4 is 5.32 Å². The molecule has 0 radical (unpaired) electrons. The molecule has 0 aromatic rings. The second-order valence-corrected chi connectivity index (χ2v) is 5.48. The maximum Gasteiger partial charge on any atom is 0.407 e. The highest BCUT2D eigenvalue weighted by atomic mass is 16.6. The molecule has 0 aromatic heterocycles. The Morgan fingerprint density at radius 3 is 2.56 bits per heavy atom. The van der Waals surface area contributed by atoms with E-state index in [2.05, 4.69) is 5.32 Å². The van der Waals surface area contributed by atoms with Gasteiger partial charge in [0, 0.05) is 18.4 Å². The van der Waals surface area contributed by atoms with E-state index in [9.17, 15) is 9.59 Å². The maximum atomic E-state index is 11.5. The van der Waals surface area contributed by atoms with Gasteiger partial charge in [-0.15, -0.1) is 0 Å². The summed E-state index contributed by atoms with van der Waals surface area (Å²) in [7, 11) is 0. The van der Waals surface area contributed by atoms with E-state index >= 15 is 0 Å². The van der Waals surface area contributed by atoms with E-state index in [1.165, 1.54) is 0 Å². The van der Waals surface area contributed by atoms with Gasteiger partial charge in [0.2, 0.25) is 0 Å². The Bertz CT molecular complexity index is 280. The molecule has 0 spiro atoms. The fourth-order valence-corrected chi connectivity index (χ4v) is 1.84. The quantitative estimate of drug-likeness (QED) is 0.747. The molecule has 1 N–H and O–H groups in total. The lowest BCUT2D eigenvalue weighted by atomic mass is 9.86. The Morgan fingerprint density at radius 1 is 1.44 bits per heavy atom. The van der Waals surface area contributed by atoms with Crippen molar-refractivity contribution in [3.8, 4) is 0 Å². The molecule has 0 heterocycles. The predicted octanol–water partition coefficient (Wildman–Crippen LogP) is 2.27. The van der Waals surface area contributed by atoms with Crippen LogP contribution in [-0.2, 0) is 9.53 Å². The second-order valence-electron chi connectivity index (χ2n) is 5.48. The number of ether oxygens (including phenoxy) is 1. The number of carbonyl (C=O) groups is 2. The molecule has 1 fully saturated rings. The number of nitrogens with one attached hydrogen (secondary N) is 1. The first-order valence-electron chi connectivity index (χ1n) is 5.80. The van der Waals surface area contributed by atoms with E-state index < -0.39 is 5.60 Å². The van der Waals surface area contributed by atoms with Gasteiger partial charge in [-0.2, -0.15) is 0 Å². The Hall–Kier alpha value is -1.06. The largest absolute Gasteiger partial charge is 0.444 e. The topological polar surface area (TPSA) is 55.4 Å². The molecule has 1 saturated carbocycles. The minimum Gasteiger partial charge on any atom is -0.444 e. The minimum absolute atomic E-state index is 0.0497. The highest BCUT2D eigenvalue weighted by Gasteiger charge is 2.27. The summed E-state index contributed by atoms with van der Waals surface area (Å²) < 4.78 is 5.17. The van der Waals surface area contributed by atoms with Crippen LogP contribution in [0.1, 0.15) is 47.0 Å². The monoisotopic (exact) mass is 227 g/mol. The Morgan fingerprint density at radius 2 is 2.06 bits per heavy atom. The van der Waals surface area contributed by atoms with Crippen LogP contribution >= 0.6 is 0 Å². The van der Waals surface area contributed by atoms with E-state index in [0.717, 1.165) is 12.8 Å². The van der Waals surface area contributed by atoms with Gasteiger partial charge in [-0.25, -0.2) is 4.79 Å². The van der Waals surface area contributed by atoms with Gasteiger partial charge in [-0.3, -0.25) is 4.79 Å². The zero-order valence-corrected chi connectivity index (χ0v) is 10.5. The molecule has 1 aliphatic carbocycles. The molecule has 4 heteroatoms. The maximum absolute atomic E-state index is 11.5. The van der Waals surface area contributed by atoms with Gasteiger partial charge in [0.05, 0.1) is 0 Å². The van der Waals surface area contributed by atoms with Gasteiger partial charge < -0.3 is 10.1 Å². The summed E-state index contributed by atoms with van der Waals surface area (Å²) in [6.07, 6.45) is 1.61. The van der Waals surface area contributed by atoms with Crippen molar-refractivity contribution in [2.45, 2.75) is 58.6 Å². The fraction of sp³-hybridized carbons (Fsp3) is 0.833. The smallest absolute Gasteiger partial charge is 0.407 e. The number of carbonyl (C=O) groups excluding carboxylic acids is 2. The normalized spacial score (nSPS) is 26.4. The number of hydrogen-bond donors (Lipinski definition) is 1. The molecule has 0 aromatic carbocycles. The summed E-state index contributed by atoms with van der Waals surface area (Å²) in [5.41, 5.74) is -0.472. The van der Waals surface area contributed by atoms with Crippen LogP contribution in [0, 0.1) is 5.92 Å². The summed E-state index contributed by atoms with van der Waals surface area (Å²) in [5, 5.41) is 2.81. The molecule has 0 saturated heterocycles. The zero-order valence-electron chi connectivity index (χ0n) is 10.5. The number of hydrogen-bond acceptors (Lipinski definition) is 3. The number of Topliss-reactive ketones (excluding diaryl/α,β-unsaturated/α-hetero) is 1. The van der Waals surface area contributed by atoms with Crippen LogP contribution in [0.15, 0.2) is 0 Å². The molecule has 4 nitrogen and oxygen atoms in total. The first kappa shape index (κ1) is 13.0. The van der Waals surface area contributed by atoms with Gasteiger partial charge in [-0.05, 0) is 33.6 Å². The van der Waals surface area contributed by atoms with Crippen molar-refractivity contribution in [3.63, 3.8) is 0 Å². The average Bonchev–Trinajstić information content (AvgIpc) is 2.08. The zero-order chi connectivity index (χ0) is 12.3. The third-order valence-corrected chi connectivity index (χ3v) is 2.65. The molecule has 0 bridgehead atoms. The van der Waals surface area contributed by atoms with Gasteiger partial charge >= 0.3 is 6.09 Å². The molecule has 1 rings (SSSR count). The third kappa shape index (κ3) is 4.21. The molecule has 2 atom stereocenters. The number of rotatable bonds is 1. The molecule has 0 aliphatic heterocycles. The lowest BCUT2D eigenvalue weighted by Gasteiger charge is -2.28. The fourth-order valence-electron chi connectivity index (χ4n) is 1.84. The first-order valence-corrected chi connectivity index (χ1v) is 5.80. The second kappa shape index (κ2) is 4.85. The standard InChI is InChI=1S/C12H21NO3/c1-8-7-9(5-6-10(8)14)13-11(15)16-12(2,3)4/h8-9H,5-7H2,1-4H3,(H,13,15)/t8-,9-/m1/s1. The van der Waals surface area contributed by atoms with Gasteiger partial charge in [-0.1, -0.05) is 6.92 Å². The van der Waals surface area contributed by atoms with Gasteiger partial charge in [0.1, 0.15) is 11.4 Å². The average molecular weight is 227 g/mol. The summed E-state index contributed by atoms with van der Waals surface area (Å²) in [5.74, 6) is 0.343. The van der Waals surface area contributed by atoms with Crippen LogP contribution in [0.25, 0.3) is 0 Å². The SMILES string of the molecule is C[C@@H]1C[C@H](NC(=O)OC(C)(C)C)CCC1=O. The molecular weight excluding hydrogens is 206 g/mol. The van der Waals surface area contributed by atoms with E-state index in [4.69, 9.17) is 4.74 Å². The highest BCUT2D eigenvalue weighted by molar-refractivity contribution is 5.81. The van der Waals surface area contributed by atoms with Crippen molar-refractivity contribution in [2.24, 2.45) is 5.92 Å². The van der Waals surface area contributed by atoms with E-state index in [-0.39, 0.29) is 18.1 Å². The first-order chi connectivity index (χ1) is 7.28. The van der Waals surface area contributed by atoms with Crippen LogP contribution in [0.2, 0.25) is 0 Å². The number of alkyl carbamates (subject to hydrolysis) is 1. The number of ketones is 1. The van der Waals surface area contributed by atoms with Crippen molar-refractivity contribution in [3.05, 3.63) is 0 Å². The third-order valence-electron chi connectivity index (χ3n) is 2.65. The molecule has 1 aliphatic rings. The van der Waals surface area contributed by atoms with E-state index in [1.807, 2.05) is 27.7 Å². The van der Waals surface area contributed by atoms with Crippen molar-refractivity contribution in [1.82, 2.24) is 5.32 Å². The van der Waals surface area contributed by atoms with Crippen molar-refractivity contribution in [2.75, 3.05) is 0 Å². The van der Waals surface area contributed by atoms with E-state index in [0.29, 0.717) is 12.2 Å². The summed E-state index contributed by atoms with van der Waals surface area (Å²) in [6.45, 7) is 7.41. The lowest BCUT2D eigenvalue weighted by Crippen LogP contribution is -2.42. The van der Waals surface area contributed by atoms with Crippen LogP contribution in [0.4, 0.5) is 4.79 Å². The minimum atomic E-state index is -0.472. The Kier molecular flexibility index (Phi) is 3.94. The highest BCUT2D eigenvalue weighted by Crippen LogP contribution is 2.21. The van der Waals surface area contributed by atoms with Crippen molar-refractivity contribution >= 4 is 11.9 Å². The van der Waals surface area contributed by atoms with Crippen LogP contribution in [-0.4, -0.2) is 23.5 Å². The Labute approximate surface area is 96.7 Å². The number of amides is 1. The van der Waals surface area contributed by atoms with Crippen molar-refractivity contribution in [1.29, 1.82) is 0 Å². The van der Waals surface area contributed by atoms with Crippen LogP contribution in [0.3, 0.4) is 0 Å². The lowest BCUT2D eigenvalue weighted by molar-refractivity contribution is -0.124. The summed E-state index contributed by atoms with van der Waals surface area (Å²) >= 11 is 0. The molecule has 1 amide bonds. The van der Waals surface area contributed by atoms with Gasteiger partial charge in [0.15, 0.2) is 0 Å². The molecule has 0 unspecified atom stereocenters. The molecular formula is C12H21NO3. The molecule has 92 valence electrons. The van der Waals surface area contributed by atoms with Crippen molar-refractivity contribution < 1.29 is 14.3 Å². The molecule has 16 heavy (non-hydrogen) atoms. The summed E-state index contributed by atoms with van der Waals surface area (Å²) in [4.78, 5) is 22.8. The predicted molar refractivity (Wildman–Crippen MR) is 61.2 cm³/mol. The Balaban J connectivity index is 2.38.